The summed E-state index contributed by atoms with van der Waals surface area (Å²) in [6.07, 6.45) is 1.84. The summed E-state index contributed by atoms with van der Waals surface area (Å²) in [5.41, 5.74) is 0. The van der Waals surface area contributed by atoms with E-state index in [-0.39, 0.29) is 18.6 Å². The summed E-state index contributed by atoms with van der Waals surface area (Å²) in [5, 5.41) is 11.4. The van der Waals surface area contributed by atoms with Crippen LogP contribution in [0.1, 0.15) is 26.7 Å². The highest BCUT2D eigenvalue weighted by Crippen LogP contribution is 2.26. The molecule has 0 radical (unpaired) electrons. The van der Waals surface area contributed by atoms with Crippen molar-refractivity contribution in [2.75, 3.05) is 13.1 Å². The summed E-state index contributed by atoms with van der Waals surface area (Å²) in [4.78, 5) is 23.6. The summed E-state index contributed by atoms with van der Waals surface area (Å²) >= 11 is 0. The third kappa shape index (κ3) is 4.18. The molecule has 1 fully saturated rings. The number of nitrogens with zero attached hydrogens (tertiary/aromatic N) is 1. The van der Waals surface area contributed by atoms with Crippen molar-refractivity contribution in [1.82, 2.24) is 10.2 Å². The second-order valence-corrected chi connectivity index (χ2v) is 4.33. The first-order valence-corrected chi connectivity index (χ1v) is 5.27. The summed E-state index contributed by atoms with van der Waals surface area (Å²) in [5.74, 6) is -0.582. The maximum atomic E-state index is 11.6. The van der Waals surface area contributed by atoms with Gasteiger partial charge < -0.3 is 15.3 Å². The Bertz CT molecular complexity index is 249. The van der Waals surface area contributed by atoms with Gasteiger partial charge in [0.2, 0.25) is 0 Å². The van der Waals surface area contributed by atoms with Crippen molar-refractivity contribution in [2.45, 2.75) is 32.7 Å². The van der Waals surface area contributed by atoms with Crippen LogP contribution in [0.15, 0.2) is 0 Å². The monoisotopic (exact) mass is 214 g/mol. The first kappa shape index (κ1) is 11.8. The maximum absolute atomic E-state index is 11.6. The predicted octanol–water partition coefficient (Wildman–Crippen LogP) is 0.901. The van der Waals surface area contributed by atoms with Gasteiger partial charge in [0, 0.05) is 12.6 Å². The quantitative estimate of drug-likeness (QED) is 0.714. The van der Waals surface area contributed by atoms with E-state index >= 15 is 0 Å². The van der Waals surface area contributed by atoms with Gasteiger partial charge in [0.25, 0.3) is 0 Å². The van der Waals surface area contributed by atoms with Crippen LogP contribution >= 0.6 is 0 Å². The van der Waals surface area contributed by atoms with Crippen LogP contribution in [0.5, 0.6) is 0 Å². The van der Waals surface area contributed by atoms with Crippen molar-refractivity contribution in [1.29, 1.82) is 0 Å². The molecule has 0 unspecified atom stereocenters. The second kappa shape index (κ2) is 5.00. The number of carbonyl (C=O) groups is 2. The number of carbonyl (C=O) groups excluding carboxylic acids is 1. The molecule has 5 heteroatoms. The van der Waals surface area contributed by atoms with Crippen LogP contribution < -0.4 is 5.32 Å². The fourth-order valence-corrected chi connectivity index (χ4v) is 1.29. The number of carboxylic acid groups (broad SMARTS) is 1. The Kier molecular flexibility index (Phi) is 3.94. The molecule has 1 aliphatic carbocycles. The third-order valence-electron chi connectivity index (χ3n) is 2.22. The topological polar surface area (TPSA) is 69.6 Å². The van der Waals surface area contributed by atoms with Gasteiger partial charge >= 0.3 is 12.0 Å². The molecule has 2 N–H and O–H groups in total. The minimum Gasteiger partial charge on any atom is -0.480 e. The van der Waals surface area contributed by atoms with Crippen molar-refractivity contribution < 1.29 is 14.7 Å². The average Bonchev–Trinajstić information content (AvgIpc) is 2.93. The van der Waals surface area contributed by atoms with Gasteiger partial charge in [0.15, 0.2) is 0 Å². The molecule has 2 amide bonds. The molecule has 0 heterocycles. The molecule has 0 aliphatic heterocycles. The van der Waals surface area contributed by atoms with Gasteiger partial charge in [-0.1, -0.05) is 13.8 Å². The van der Waals surface area contributed by atoms with Gasteiger partial charge in [0.05, 0.1) is 0 Å². The van der Waals surface area contributed by atoms with Crippen molar-refractivity contribution in [3.05, 3.63) is 0 Å². The highest BCUT2D eigenvalue weighted by Gasteiger charge is 2.33. The number of hydrogen-bond acceptors (Lipinski definition) is 2. The minimum atomic E-state index is -0.957. The van der Waals surface area contributed by atoms with Crippen molar-refractivity contribution in [2.24, 2.45) is 5.92 Å². The van der Waals surface area contributed by atoms with E-state index in [4.69, 9.17) is 5.11 Å². The van der Waals surface area contributed by atoms with Crippen LogP contribution in [-0.2, 0) is 4.79 Å². The van der Waals surface area contributed by atoms with Crippen LogP contribution in [0.4, 0.5) is 4.79 Å². The van der Waals surface area contributed by atoms with E-state index in [2.05, 4.69) is 5.32 Å². The van der Waals surface area contributed by atoms with E-state index < -0.39 is 5.97 Å². The SMILES string of the molecule is CC(C)CNC(=O)N(CC(=O)O)C1CC1. The van der Waals surface area contributed by atoms with Gasteiger partial charge in [-0.25, -0.2) is 4.79 Å². The van der Waals surface area contributed by atoms with Gasteiger partial charge in [-0.15, -0.1) is 0 Å². The van der Waals surface area contributed by atoms with E-state index in [9.17, 15) is 9.59 Å². The zero-order valence-electron chi connectivity index (χ0n) is 9.19. The largest absolute Gasteiger partial charge is 0.480 e. The molecule has 0 bridgehead atoms. The van der Waals surface area contributed by atoms with Gasteiger partial charge in [-0.2, -0.15) is 0 Å². The smallest absolute Gasteiger partial charge is 0.323 e. The van der Waals surface area contributed by atoms with Crippen molar-refractivity contribution in [3.63, 3.8) is 0 Å². The molecule has 1 aliphatic rings. The zero-order valence-corrected chi connectivity index (χ0v) is 9.19. The molecule has 0 atom stereocenters. The van der Waals surface area contributed by atoms with Crippen molar-refractivity contribution >= 4 is 12.0 Å². The molecular formula is C10H18N2O3. The fourth-order valence-electron chi connectivity index (χ4n) is 1.29. The normalized spacial score (nSPS) is 15.1. The predicted molar refractivity (Wildman–Crippen MR) is 55.6 cm³/mol. The van der Waals surface area contributed by atoms with Crippen LogP contribution in [0.25, 0.3) is 0 Å². The first-order valence-electron chi connectivity index (χ1n) is 5.27. The Morgan fingerprint density at radius 3 is 2.47 bits per heavy atom. The number of carboxylic acids is 1. The Morgan fingerprint density at radius 2 is 2.07 bits per heavy atom. The summed E-state index contributed by atoms with van der Waals surface area (Å²) in [7, 11) is 0. The third-order valence-corrected chi connectivity index (χ3v) is 2.22. The molecule has 1 saturated carbocycles. The summed E-state index contributed by atoms with van der Waals surface area (Å²) < 4.78 is 0. The number of amides is 2. The summed E-state index contributed by atoms with van der Waals surface area (Å²) in [6, 6.07) is -0.123. The lowest BCUT2D eigenvalue weighted by molar-refractivity contribution is -0.137. The van der Waals surface area contributed by atoms with E-state index in [0.717, 1.165) is 12.8 Å². The standard InChI is InChI=1S/C10H18N2O3/c1-7(2)5-11-10(15)12(6-9(13)14)8-3-4-8/h7-8H,3-6H2,1-2H3,(H,11,15)(H,13,14). The first-order chi connectivity index (χ1) is 7.00. The van der Waals surface area contributed by atoms with Gasteiger partial charge in [-0.3, -0.25) is 4.79 Å². The van der Waals surface area contributed by atoms with Gasteiger partial charge in [-0.05, 0) is 18.8 Å². The lowest BCUT2D eigenvalue weighted by atomic mass is 10.2. The van der Waals surface area contributed by atoms with E-state index in [1.54, 1.807) is 0 Å². The number of rotatable bonds is 5. The second-order valence-electron chi connectivity index (χ2n) is 4.33. The lowest BCUT2D eigenvalue weighted by Crippen LogP contribution is -2.45. The number of hydrogen-bond donors (Lipinski definition) is 2. The molecule has 0 aromatic rings. The van der Waals surface area contributed by atoms with Crippen LogP contribution in [-0.4, -0.2) is 41.1 Å². The molecule has 0 saturated heterocycles. The fraction of sp³-hybridized carbons (Fsp3) is 0.800. The highest BCUT2D eigenvalue weighted by atomic mass is 16.4. The Labute approximate surface area is 89.4 Å². The van der Waals surface area contributed by atoms with E-state index in [1.165, 1.54) is 4.90 Å². The number of nitrogens with one attached hydrogen (secondary N) is 1. The molecule has 0 aromatic heterocycles. The van der Waals surface area contributed by atoms with Crippen LogP contribution in [0.2, 0.25) is 0 Å². The van der Waals surface area contributed by atoms with E-state index in [0.29, 0.717) is 12.5 Å². The molecule has 5 nitrogen and oxygen atoms in total. The average molecular weight is 214 g/mol. The zero-order chi connectivity index (χ0) is 11.4. The highest BCUT2D eigenvalue weighted by molar-refractivity contribution is 5.80. The Balaban J connectivity index is 2.40. The minimum absolute atomic E-state index is 0.133. The summed E-state index contributed by atoms with van der Waals surface area (Å²) in [6.45, 7) is 4.38. The van der Waals surface area contributed by atoms with E-state index in [1.807, 2.05) is 13.8 Å². The Hall–Kier alpha value is -1.26. The lowest BCUT2D eigenvalue weighted by Gasteiger charge is -2.21. The Morgan fingerprint density at radius 1 is 1.47 bits per heavy atom. The number of urea groups is 1. The number of aliphatic carboxylic acids is 1. The molecule has 1 rings (SSSR count). The molecule has 0 aromatic carbocycles. The molecule has 15 heavy (non-hydrogen) atoms. The van der Waals surface area contributed by atoms with Crippen LogP contribution in [0.3, 0.4) is 0 Å². The van der Waals surface area contributed by atoms with Gasteiger partial charge in [0.1, 0.15) is 6.54 Å². The van der Waals surface area contributed by atoms with Crippen LogP contribution in [0, 0.1) is 5.92 Å². The maximum Gasteiger partial charge on any atom is 0.323 e. The molecular weight excluding hydrogens is 196 g/mol. The van der Waals surface area contributed by atoms with Crippen molar-refractivity contribution in [3.8, 4) is 0 Å². The molecule has 86 valence electrons. The molecule has 0 spiro atoms.